The molecular weight excluding hydrogens is 432 g/mol. The second-order valence-corrected chi connectivity index (χ2v) is 8.23. The van der Waals surface area contributed by atoms with Crippen LogP contribution in [0.5, 0.6) is 0 Å². The number of esters is 1. The summed E-state index contributed by atoms with van der Waals surface area (Å²) in [5.41, 5.74) is 7.55. The molecule has 0 fully saturated rings. The third kappa shape index (κ3) is 4.42. The van der Waals surface area contributed by atoms with Gasteiger partial charge >= 0.3 is 5.97 Å². The number of nitrogens with one attached hydrogen (secondary N) is 1. The zero-order valence-electron chi connectivity index (χ0n) is 17.2. The van der Waals surface area contributed by atoms with Gasteiger partial charge in [-0.1, -0.05) is 30.3 Å². The highest BCUT2D eigenvalue weighted by molar-refractivity contribution is 7.17. The van der Waals surface area contributed by atoms with Gasteiger partial charge in [0.15, 0.2) is 18.1 Å². The maximum Gasteiger partial charge on any atom is 0.357 e. The summed E-state index contributed by atoms with van der Waals surface area (Å²) in [6.07, 6.45) is 4.14. The van der Waals surface area contributed by atoms with Crippen molar-refractivity contribution in [3.05, 3.63) is 57.7 Å². The Morgan fingerprint density at radius 1 is 1.25 bits per heavy atom. The first-order chi connectivity index (χ1) is 15.4. The van der Waals surface area contributed by atoms with Gasteiger partial charge in [0.25, 0.3) is 11.8 Å². The van der Waals surface area contributed by atoms with Gasteiger partial charge < -0.3 is 15.8 Å². The van der Waals surface area contributed by atoms with Crippen LogP contribution in [0.3, 0.4) is 0 Å². The number of hydrogen-bond acceptors (Lipinski definition) is 8. The van der Waals surface area contributed by atoms with Gasteiger partial charge in [-0.15, -0.1) is 16.4 Å². The summed E-state index contributed by atoms with van der Waals surface area (Å²) in [4.78, 5) is 38.2. The van der Waals surface area contributed by atoms with Gasteiger partial charge in [0.05, 0.1) is 5.56 Å². The van der Waals surface area contributed by atoms with Gasteiger partial charge in [-0.3, -0.25) is 9.59 Å². The van der Waals surface area contributed by atoms with Crippen LogP contribution in [-0.4, -0.2) is 44.6 Å². The Bertz CT molecular complexity index is 1210. The third-order valence-electron chi connectivity index (χ3n) is 4.92. The van der Waals surface area contributed by atoms with E-state index < -0.39 is 24.4 Å². The van der Waals surface area contributed by atoms with Crippen LogP contribution in [0, 0.1) is 6.92 Å². The number of hydrogen-bond donors (Lipinski definition) is 2. The lowest BCUT2D eigenvalue weighted by atomic mass is 10.1. The van der Waals surface area contributed by atoms with Crippen molar-refractivity contribution in [1.82, 2.24) is 20.2 Å². The van der Waals surface area contributed by atoms with Crippen molar-refractivity contribution in [1.29, 1.82) is 0 Å². The number of anilines is 1. The van der Waals surface area contributed by atoms with Gasteiger partial charge in [-0.05, 0) is 53.8 Å². The minimum atomic E-state index is -0.775. The van der Waals surface area contributed by atoms with Crippen LogP contribution in [0.4, 0.5) is 5.00 Å². The van der Waals surface area contributed by atoms with Crippen LogP contribution in [0.2, 0.25) is 0 Å². The molecule has 3 aromatic rings. The number of thiophene rings is 1. The van der Waals surface area contributed by atoms with Crippen LogP contribution in [0.25, 0.3) is 11.8 Å². The molecule has 0 saturated carbocycles. The van der Waals surface area contributed by atoms with Gasteiger partial charge in [0.2, 0.25) is 0 Å². The Hall–Kier alpha value is -3.86. The topological polar surface area (TPSA) is 142 Å². The fourth-order valence-corrected chi connectivity index (χ4v) is 4.80. The van der Waals surface area contributed by atoms with Crippen LogP contribution < -0.4 is 11.1 Å². The minimum Gasteiger partial charge on any atom is -0.451 e. The number of tetrazole rings is 1. The Morgan fingerprint density at radius 2 is 2.03 bits per heavy atom. The number of nitrogens with zero attached hydrogens (tertiary/aromatic N) is 4. The molecule has 32 heavy (non-hydrogen) atoms. The number of primary amides is 1. The summed E-state index contributed by atoms with van der Waals surface area (Å²) in [5.74, 6) is -1.55. The molecule has 0 unspecified atom stereocenters. The zero-order valence-corrected chi connectivity index (χ0v) is 18.0. The highest BCUT2D eigenvalue weighted by Crippen LogP contribution is 2.38. The van der Waals surface area contributed by atoms with Gasteiger partial charge in [0.1, 0.15) is 5.00 Å². The predicted octanol–water partition coefficient (Wildman–Crippen LogP) is 1.81. The van der Waals surface area contributed by atoms with E-state index in [-0.39, 0.29) is 5.70 Å². The minimum absolute atomic E-state index is 0.0550. The summed E-state index contributed by atoms with van der Waals surface area (Å²) in [7, 11) is 0. The van der Waals surface area contributed by atoms with E-state index in [2.05, 4.69) is 20.8 Å². The Labute approximate surface area is 187 Å². The molecule has 1 aliphatic rings. The number of amides is 2. The lowest BCUT2D eigenvalue weighted by molar-refractivity contribution is -0.141. The van der Waals surface area contributed by atoms with E-state index in [4.69, 9.17) is 10.5 Å². The first-order valence-electron chi connectivity index (χ1n) is 9.87. The van der Waals surface area contributed by atoms with Crippen molar-refractivity contribution in [2.24, 2.45) is 5.73 Å². The molecule has 10 nitrogen and oxygen atoms in total. The largest absolute Gasteiger partial charge is 0.451 e. The number of benzene rings is 1. The second kappa shape index (κ2) is 9.10. The molecule has 0 bridgehead atoms. The fraction of sp³-hybridized carbons (Fsp3) is 0.238. The molecule has 2 amide bonds. The molecule has 164 valence electrons. The molecule has 0 atom stereocenters. The van der Waals surface area contributed by atoms with Crippen molar-refractivity contribution >= 4 is 45.9 Å². The number of aryl methyl sites for hydroxylation is 2. The van der Waals surface area contributed by atoms with Crippen molar-refractivity contribution in [3.8, 4) is 0 Å². The van der Waals surface area contributed by atoms with Gasteiger partial charge in [0, 0.05) is 4.88 Å². The first kappa shape index (κ1) is 21.4. The summed E-state index contributed by atoms with van der Waals surface area (Å²) in [5, 5.41) is 14.2. The first-order valence-corrected chi connectivity index (χ1v) is 10.7. The number of fused-ring (bicyclic) bond motifs is 1. The smallest absolute Gasteiger partial charge is 0.357 e. The number of rotatable bonds is 7. The zero-order chi connectivity index (χ0) is 22.7. The van der Waals surface area contributed by atoms with Crippen LogP contribution in [0.1, 0.15) is 38.6 Å². The van der Waals surface area contributed by atoms with Gasteiger partial charge in [-0.25, -0.2) is 4.79 Å². The molecular formula is C21H20N6O4S. The molecule has 3 N–H and O–H groups in total. The van der Waals surface area contributed by atoms with Crippen molar-refractivity contribution in [3.63, 3.8) is 0 Å². The predicted molar refractivity (Wildman–Crippen MR) is 118 cm³/mol. The number of ether oxygens (including phenoxy) is 1. The van der Waals surface area contributed by atoms with Crippen molar-refractivity contribution in [2.45, 2.75) is 26.2 Å². The summed E-state index contributed by atoms with van der Waals surface area (Å²) < 4.78 is 6.46. The van der Waals surface area contributed by atoms with E-state index in [0.717, 1.165) is 35.3 Å². The Balaban J connectivity index is 1.48. The number of carbonyl (C=O) groups is 3. The standard InChI is InChI=1S/C21H20N6O4S/c1-12-24-25-26-27(12)15(10-13-6-3-2-4-7-13)21(30)31-11-17(28)23-20-18(19(22)29)14-8-5-9-16(14)32-20/h2-4,6-7,10H,5,8-9,11H2,1H3,(H2,22,29)(H,23,28)/b15-10-. The Morgan fingerprint density at radius 3 is 2.72 bits per heavy atom. The maximum absolute atomic E-state index is 12.8. The average molecular weight is 452 g/mol. The van der Waals surface area contributed by atoms with Crippen molar-refractivity contribution < 1.29 is 19.1 Å². The molecule has 0 spiro atoms. The monoisotopic (exact) mass is 452 g/mol. The summed E-state index contributed by atoms with van der Waals surface area (Å²) in [6, 6.07) is 9.11. The lowest BCUT2D eigenvalue weighted by Crippen LogP contribution is -2.24. The van der Waals surface area contributed by atoms with E-state index in [9.17, 15) is 14.4 Å². The molecule has 4 rings (SSSR count). The molecule has 0 radical (unpaired) electrons. The second-order valence-electron chi connectivity index (χ2n) is 7.13. The average Bonchev–Trinajstić information content (AvgIpc) is 3.47. The quantitative estimate of drug-likeness (QED) is 0.411. The molecule has 0 aliphatic heterocycles. The lowest BCUT2D eigenvalue weighted by Gasteiger charge is -2.10. The normalized spacial score (nSPS) is 13.0. The molecule has 1 aliphatic carbocycles. The van der Waals surface area contributed by atoms with E-state index >= 15 is 0 Å². The van der Waals surface area contributed by atoms with E-state index in [1.54, 1.807) is 25.1 Å². The molecule has 1 aromatic carbocycles. The number of nitrogens with two attached hydrogens (primary N) is 1. The highest BCUT2D eigenvalue weighted by Gasteiger charge is 2.26. The molecule has 2 heterocycles. The highest BCUT2D eigenvalue weighted by atomic mass is 32.1. The van der Waals surface area contributed by atoms with Crippen molar-refractivity contribution in [2.75, 3.05) is 11.9 Å². The number of carbonyl (C=O) groups excluding carboxylic acids is 3. The van der Waals surface area contributed by atoms with E-state index in [1.165, 1.54) is 16.0 Å². The summed E-state index contributed by atoms with van der Waals surface area (Å²) >= 11 is 1.33. The third-order valence-corrected chi connectivity index (χ3v) is 6.13. The molecule has 0 saturated heterocycles. The SMILES string of the molecule is Cc1nnnn1/C(=C\c1ccccc1)C(=O)OCC(=O)Nc1sc2c(c1C(N)=O)CCC2. The summed E-state index contributed by atoms with van der Waals surface area (Å²) in [6.45, 7) is 1.09. The van der Waals surface area contributed by atoms with E-state index in [1.807, 2.05) is 18.2 Å². The van der Waals surface area contributed by atoms with Crippen LogP contribution in [0.15, 0.2) is 30.3 Å². The molecule has 11 heteroatoms. The van der Waals surface area contributed by atoms with Crippen LogP contribution in [-0.2, 0) is 27.2 Å². The fourth-order valence-electron chi connectivity index (χ4n) is 3.49. The van der Waals surface area contributed by atoms with Gasteiger partial charge in [-0.2, -0.15) is 4.68 Å². The maximum atomic E-state index is 12.8. The Kier molecular flexibility index (Phi) is 6.08. The van der Waals surface area contributed by atoms with E-state index in [0.29, 0.717) is 16.4 Å². The van der Waals surface area contributed by atoms with Crippen LogP contribution >= 0.6 is 11.3 Å². The number of aromatic nitrogens is 4. The molecule has 2 aromatic heterocycles.